The molecule has 7 heteroatoms. The predicted molar refractivity (Wildman–Crippen MR) is 103 cm³/mol. The molecule has 1 aliphatic carbocycles. The molecule has 4 rings (SSSR count). The fraction of sp³-hybridized carbons (Fsp3) is 0.526. The average molecular weight is 391 g/mol. The van der Waals surface area contributed by atoms with E-state index in [0.29, 0.717) is 11.2 Å². The summed E-state index contributed by atoms with van der Waals surface area (Å²) >= 11 is 7.85. The molecule has 1 aromatic carbocycles. The zero-order valence-electron chi connectivity index (χ0n) is 14.8. The summed E-state index contributed by atoms with van der Waals surface area (Å²) in [6, 6.07) is 8.02. The van der Waals surface area contributed by atoms with E-state index in [1.165, 1.54) is 4.90 Å². The number of aryl methyl sites for hydroxylation is 1. The zero-order valence-corrected chi connectivity index (χ0v) is 16.4. The molecule has 0 radical (unpaired) electrons. The quantitative estimate of drug-likeness (QED) is 0.797. The van der Waals surface area contributed by atoms with E-state index in [2.05, 4.69) is 27.2 Å². The molecule has 5 nitrogen and oxygen atoms in total. The minimum absolute atomic E-state index is 0.0818. The largest absolute Gasteiger partial charge is 0.342 e. The maximum Gasteiger partial charge on any atom is 0.226 e. The van der Waals surface area contributed by atoms with Crippen LogP contribution in [0, 0.1) is 5.92 Å². The summed E-state index contributed by atoms with van der Waals surface area (Å²) in [6.45, 7) is 1.71. The highest BCUT2D eigenvalue weighted by molar-refractivity contribution is 8.00. The fourth-order valence-corrected chi connectivity index (χ4v) is 5.12. The summed E-state index contributed by atoms with van der Waals surface area (Å²) in [5.41, 5.74) is 0. The van der Waals surface area contributed by atoms with Crippen molar-refractivity contribution in [3.8, 4) is 0 Å². The van der Waals surface area contributed by atoms with E-state index in [0.717, 1.165) is 49.6 Å². The molecule has 1 amide bonds. The van der Waals surface area contributed by atoms with E-state index in [-0.39, 0.29) is 11.8 Å². The Balaban J connectivity index is 1.31. The minimum Gasteiger partial charge on any atom is -0.342 e. The van der Waals surface area contributed by atoms with Gasteiger partial charge in [-0.05, 0) is 49.9 Å². The molecule has 0 spiro atoms. The normalized spacial score (nSPS) is 23.7. The van der Waals surface area contributed by atoms with Gasteiger partial charge in [-0.15, -0.1) is 22.0 Å². The van der Waals surface area contributed by atoms with Crippen molar-refractivity contribution < 1.29 is 4.79 Å². The molecule has 138 valence electrons. The van der Waals surface area contributed by atoms with Gasteiger partial charge in [-0.3, -0.25) is 4.79 Å². The molecule has 2 aliphatic rings. The lowest BCUT2D eigenvalue weighted by Crippen LogP contribution is -2.46. The molecule has 1 saturated heterocycles. The third kappa shape index (κ3) is 3.62. The van der Waals surface area contributed by atoms with Crippen LogP contribution < -0.4 is 0 Å². The minimum atomic E-state index is 0.0818. The second-order valence-corrected chi connectivity index (χ2v) is 9.00. The second-order valence-electron chi connectivity index (χ2n) is 7.19. The summed E-state index contributed by atoms with van der Waals surface area (Å²) in [4.78, 5) is 16.3. The maximum absolute atomic E-state index is 12.9. The van der Waals surface area contributed by atoms with Crippen LogP contribution in [0.25, 0.3) is 0 Å². The van der Waals surface area contributed by atoms with Gasteiger partial charge in [0.1, 0.15) is 12.2 Å². The zero-order chi connectivity index (χ0) is 18.1. The van der Waals surface area contributed by atoms with Gasteiger partial charge in [0.25, 0.3) is 0 Å². The number of aromatic nitrogens is 3. The monoisotopic (exact) mass is 390 g/mol. The highest BCUT2D eigenvalue weighted by Crippen LogP contribution is 2.43. The molecule has 26 heavy (non-hydrogen) atoms. The first-order chi connectivity index (χ1) is 12.6. The third-order valence-corrected chi connectivity index (χ3v) is 7.14. The van der Waals surface area contributed by atoms with Crippen molar-refractivity contribution in [3.63, 3.8) is 0 Å². The van der Waals surface area contributed by atoms with Crippen molar-refractivity contribution in [2.24, 2.45) is 13.0 Å². The third-order valence-electron chi connectivity index (χ3n) is 5.54. The molecule has 1 saturated carbocycles. The number of thioether (sulfide) groups is 1. The number of hydrogen-bond acceptors (Lipinski definition) is 4. The molecule has 0 bridgehead atoms. The van der Waals surface area contributed by atoms with Crippen LogP contribution in [0.2, 0.25) is 5.02 Å². The van der Waals surface area contributed by atoms with Gasteiger partial charge < -0.3 is 9.47 Å². The van der Waals surface area contributed by atoms with Gasteiger partial charge in [0.2, 0.25) is 5.91 Å². The number of amides is 1. The van der Waals surface area contributed by atoms with Gasteiger partial charge in [-0.25, -0.2) is 0 Å². The molecule has 0 unspecified atom stereocenters. The highest BCUT2D eigenvalue weighted by atomic mass is 35.5. The smallest absolute Gasteiger partial charge is 0.226 e. The van der Waals surface area contributed by atoms with Crippen LogP contribution in [0.1, 0.15) is 37.4 Å². The molecule has 2 fully saturated rings. The van der Waals surface area contributed by atoms with Crippen LogP contribution in [0.3, 0.4) is 0 Å². The number of benzene rings is 1. The number of halogens is 1. The first-order valence-corrected chi connectivity index (χ1v) is 10.4. The molecule has 2 aromatic rings. The van der Waals surface area contributed by atoms with Crippen LogP contribution >= 0.6 is 23.4 Å². The lowest BCUT2D eigenvalue weighted by atomic mass is 9.72. The van der Waals surface area contributed by atoms with E-state index >= 15 is 0 Å². The molecule has 2 heterocycles. The Morgan fingerprint density at radius 2 is 1.88 bits per heavy atom. The summed E-state index contributed by atoms with van der Waals surface area (Å²) in [5, 5.41) is 9.51. The van der Waals surface area contributed by atoms with E-state index in [9.17, 15) is 4.79 Å². The van der Waals surface area contributed by atoms with Gasteiger partial charge in [-0.1, -0.05) is 11.6 Å². The molecular weight excluding hydrogens is 368 g/mol. The summed E-state index contributed by atoms with van der Waals surface area (Å²) in [7, 11) is 1.95. The van der Waals surface area contributed by atoms with Gasteiger partial charge >= 0.3 is 0 Å². The van der Waals surface area contributed by atoms with Crippen LogP contribution in [0.5, 0.6) is 0 Å². The first-order valence-electron chi connectivity index (χ1n) is 9.16. The van der Waals surface area contributed by atoms with Crippen LogP contribution in [-0.2, 0) is 11.8 Å². The van der Waals surface area contributed by atoms with Crippen molar-refractivity contribution in [1.29, 1.82) is 0 Å². The van der Waals surface area contributed by atoms with Crippen molar-refractivity contribution in [2.45, 2.75) is 41.7 Å². The van der Waals surface area contributed by atoms with E-state index < -0.39 is 0 Å². The Morgan fingerprint density at radius 3 is 2.46 bits per heavy atom. The van der Waals surface area contributed by atoms with Gasteiger partial charge in [-0.2, -0.15) is 0 Å². The first kappa shape index (κ1) is 17.9. The fourth-order valence-electron chi connectivity index (χ4n) is 3.87. The van der Waals surface area contributed by atoms with Crippen LogP contribution in [0.4, 0.5) is 0 Å². The number of rotatable bonds is 4. The van der Waals surface area contributed by atoms with Gasteiger partial charge in [0.15, 0.2) is 0 Å². The summed E-state index contributed by atoms with van der Waals surface area (Å²) < 4.78 is 1.94. The van der Waals surface area contributed by atoms with E-state index in [1.807, 2.05) is 35.5 Å². The van der Waals surface area contributed by atoms with Gasteiger partial charge in [0.05, 0.1) is 0 Å². The number of likely N-dealkylation sites (tertiary alicyclic amines) is 1. The molecule has 1 aromatic heterocycles. The Bertz CT molecular complexity index is 770. The lowest BCUT2D eigenvalue weighted by molar-refractivity contribution is -0.140. The van der Waals surface area contributed by atoms with E-state index in [4.69, 9.17) is 11.6 Å². The summed E-state index contributed by atoms with van der Waals surface area (Å²) in [5.74, 6) is 1.57. The van der Waals surface area contributed by atoms with Crippen molar-refractivity contribution in [3.05, 3.63) is 41.4 Å². The number of piperidine rings is 1. The number of carbonyl (C=O) groups is 1. The van der Waals surface area contributed by atoms with Crippen molar-refractivity contribution in [2.75, 3.05) is 13.1 Å². The Labute approximate surface area is 163 Å². The highest BCUT2D eigenvalue weighted by Gasteiger charge is 2.42. The average Bonchev–Trinajstić information content (AvgIpc) is 3.02. The van der Waals surface area contributed by atoms with Crippen molar-refractivity contribution >= 4 is 29.3 Å². The Kier molecular flexibility index (Phi) is 5.23. The maximum atomic E-state index is 12.9. The Hall–Kier alpha value is -1.53. The second kappa shape index (κ2) is 7.61. The molecular formula is C19H23ClN4OS. The number of nitrogens with zero attached hydrogens (tertiary/aromatic N) is 4. The lowest BCUT2D eigenvalue weighted by Gasteiger charge is -2.40. The summed E-state index contributed by atoms with van der Waals surface area (Å²) in [6.07, 6.45) is 5.80. The van der Waals surface area contributed by atoms with Crippen LogP contribution in [0.15, 0.2) is 35.5 Å². The molecule has 0 N–H and O–H groups in total. The van der Waals surface area contributed by atoms with Crippen molar-refractivity contribution in [1.82, 2.24) is 19.7 Å². The Morgan fingerprint density at radius 1 is 1.15 bits per heavy atom. The topological polar surface area (TPSA) is 51.0 Å². The molecule has 1 aliphatic heterocycles. The SMILES string of the molecule is Cn1cnnc1[C@@H]1CC[C@@H]1C(=O)N1CCC(Sc2ccc(Cl)cc2)CC1. The van der Waals surface area contributed by atoms with Gasteiger partial charge in [0, 0.05) is 47.1 Å². The van der Waals surface area contributed by atoms with Crippen LogP contribution in [-0.4, -0.2) is 43.9 Å². The molecule has 2 atom stereocenters. The van der Waals surface area contributed by atoms with E-state index in [1.54, 1.807) is 6.33 Å². The predicted octanol–water partition coefficient (Wildman–Crippen LogP) is 3.75. The number of carbonyl (C=O) groups excluding carboxylic acids is 1. The number of hydrogen-bond donors (Lipinski definition) is 0. The standard InChI is InChI=1S/C19H23ClN4OS/c1-23-12-21-22-18(23)16-6-7-17(16)19(25)24-10-8-15(9-11-24)26-14-4-2-13(20)3-5-14/h2-5,12,15-17H,6-11H2,1H3/t16-,17+/m1/s1.